The fourth-order valence-electron chi connectivity index (χ4n) is 8.10. The zero-order chi connectivity index (χ0) is 37.3. The highest BCUT2D eigenvalue weighted by atomic mass is 28.3. The maximum atomic E-state index is 6.48. The Labute approximate surface area is 326 Å². The zero-order valence-electron chi connectivity index (χ0n) is 30.5. The van der Waals surface area contributed by atoms with Crippen LogP contribution in [-0.4, -0.2) is 23.0 Å². The van der Waals surface area contributed by atoms with E-state index < -0.39 is 8.07 Å². The number of rotatable bonds is 8. The third-order valence-corrected chi connectivity index (χ3v) is 15.5. The molecular weight excluding hydrogens is 699 g/mol. The summed E-state index contributed by atoms with van der Waals surface area (Å²) in [6, 6.07) is 75.1. The Morgan fingerprint density at radius 1 is 0.321 bits per heavy atom. The van der Waals surface area contributed by atoms with E-state index in [4.69, 9.17) is 19.4 Å². The third-order valence-electron chi connectivity index (χ3n) is 10.7. The van der Waals surface area contributed by atoms with E-state index in [9.17, 15) is 0 Å². The molecule has 0 saturated heterocycles. The molecule has 2 aromatic heterocycles. The molecule has 0 amide bonds. The van der Waals surface area contributed by atoms with Crippen molar-refractivity contribution in [1.29, 1.82) is 0 Å². The first-order valence-electron chi connectivity index (χ1n) is 18.9. The van der Waals surface area contributed by atoms with Gasteiger partial charge < -0.3 is 4.42 Å². The van der Waals surface area contributed by atoms with Crippen molar-refractivity contribution in [2.45, 2.75) is 0 Å². The van der Waals surface area contributed by atoms with Gasteiger partial charge in [-0.05, 0) is 50.1 Å². The molecule has 10 aromatic rings. The summed E-state index contributed by atoms with van der Waals surface area (Å²) in [5, 5.41) is 7.39. The first kappa shape index (κ1) is 33.4. The molecule has 0 aliphatic rings. The van der Waals surface area contributed by atoms with Crippen molar-refractivity contribution >= 4 is 50.8 Å². The molecule has 5 heteroatoms. The number of aromatic nitrogens is 3. The minimum atomic E-state index is -2.63. The Balaban J connectivity index is 1.12. The predicted molar refractivity (Wildman–Crippen MR) is 232 cm³/mol. The predicted octanol–water partition coefficient (Wildman–Crippen LogP) is 9.82. The summed E-state index contributed by atoms with van der Waals surface area (Å²) in [4.78, 5) is 15.1. The Morgan fingerprint density at radius 3 is 1.29 bits per heavy atom. The zero-order valence-corrected chi connectivity index (χ0v) is 31.5. The summed E-state index contributed by atoms with van der Waals surface area (Å²) >= 11 is 0. The van der Waals surface area contributed by atoms with Gasteiger partial charge in [0, 0.05) is 27.5 Å². The highest BCUT2D eigenvalue weighted by Crippen LogP contribution is 2.38. The molecule has 0 radical (unpaired) electrons. The quantitative estimate of drug-likeness (QED) is 0.115. The number of hydrogen-bond donors (Lipinski definition) is 0. The van der Waals surface area contributed by atoms with Gasteiger partial charge in [-0.15, -0.1) is 0 Å². The molecule has 0 unspecified atom stereocenters. The fraction of sp³-hybridized carbons (Fsp3) is 0. The molecule has 0 aliphatic carbocycles. The molecule has 56 heavy (non-hydrogen) atoms. The van der Waals surface area contributed by atoms with Gasteiger partial charge in [0.15, 0.2) is 25.5 Å². The number of fused-ring (bicyclic) bond motifs is 3. The first-order chi connectivity index (χ1) is 27.8. The summed E-state index contributed by atoms with van der Waals surface area (Å²) in [7, 11) is -2.63. The number of furan rings is 1. The largest absolute Gasteiger partial charge is 0.456 e. The Bertz CT molecular complexity index is 2780. The van der Waals surface area contributed by atoms with E-state index in [1.807, 2.05) is 72.8 Å². The van der Waals surface area contributed by atoms with Crippen molar-refractivity contribution in [2.24, 2.45) is 0 Å². The summed E-state index contributed by atoms with van der Waals surface area (Å²) in [6.45, 7) is 0. The Morgan fingerprint density at radius 2 is 0.768 bits per heavy atom. The molecule has 8 aromatic carbocycles. The van der Waals surface area contributed by atoms with E-state index in [-0.39, 0.29) is 0 Å². The molecule has 0 saturated carbocycles. The van der Waals surface area contributed by atoms with Crippen LogP contribution in [0.5, 0.6) is 0 Å². The van der Waals surface area contributed by atoms with Crippen LogP contribution >= 0.6 is 0 Å². The van der Waals surface area contributed by atoms with Crippen molar-refractivity contribution in [3.8, 4) is 45.3 Å². The second-order valence-corrected chi connectivity index (χ2v) is 17.8. The number of hydrogen-bond acceptors (Lipinski definition) is 4. The minimum Gasteiger partial charge on any atom is -0.456 e. The summed E-state index contributed by atoms with van der Waals surface area (Å²) in [6.07, 6.45) is 0. The van der Waals surface area contributed by atoms with Gasteiger partial charge in [0.2, 0.25) is 0 Å². The van der Waals surface area contributed by atoms with Gasteiger partial charge in [-0.25, -0.2) is 15.0 Å². The van der Waals surface area contributed by atoms with E-state index >= 15 is 0 Å². The van der Waals surface area contributed by atoms with Gasteiger partial charge in [-0.3, -0.25) is 0 Å². The normalized spacial score (nSPS) is 11.6. The summed E-state index contributed by atoms with van der Waals surface area (Å²) < 4.78 is 6.48. The van der Waals surface area contributed by atoms with Gasteiger partial charge in [0.25, 0.3) is 0 Å². The van der Waals surface area contributed by atoms with Gasteiger partial charge in [-0.1, -0.05) is 194 Å². The van der Waals surface area contributed by atoms with Crippen molar-refractivity contribution < 1.29 is 4.42 Å². The smallest absolute Gasteiger partial charge is 0.179 e. The third kappa shape index (κ3) is 5.82. The lowest BCUT2D eigenvalue weighted by atomic mass is 10.0. The van der Waals surface area contributed by atoms with Crippen LogP contribution in [-0.2, 0) is 0 Å². The number of nitrogens with zero attached hydrogens (tertiary/aromatic N) is 3. The molecule has 0 fully saturated rings. The minimum absolute atomic E-state index is 0.602. The lowest BCUT2D eigenvalue weighted by molar-refractivity contribution is 0.669. The van der Waals surface area contributed by atoms with Gasteiger partial charge >= 0.3 is 0 Å². The Hall–Kier alpha value is -7.21. The van der Waals surface area contributed by atoms with Crippen molar-refractivity contribution in [2.75, 3.05) is 0 Å². The van der Waals surface area contributed by atoms with E-state index in [0.717, 1.165) is 49.8 Å². The molecule has 0 bridgehead atoms. The maximum Gasteiger partial charge on any atom is 0.179 e. The van der Waals surface area contributed by atoms with Gasteiger partial charge in [-0.2, -0.15) is 0 Å². The second kappa shape index (κ2) is 14.2. The molecule has 0 spiro atoms. The van der Waals surface area contributed by atoms with Crippen LogP contribution in [0.2, 0.25) is 0 Å². The van der Waals surface area contributed by atoms with Crippen LogP contribution < -0.4 is 20.7 Å². The monoisotopic (exact) mass is 733 g/mol. The number of benzene rings is 8. The average molecular weight is 734 g/mol. The van der Waals surface area contributed by atoms with E-state index in [2.05, 4.69) is 140 Å². The van der Waals surface area contributed by atoms with E-state index in [1.165, 1.54) is 20.7 Å². The SMILES string of the molecule is c1ccc(-c2nc(-c3ccccc3)nc(-c3cccc4oc5ccc(-c6ccc([Si](c7ccccc7)(c7ccccc7)c7ccccc7)cc6)cc5c34)n2)cc1. The van der Waals surface area contributed by atoms with Crippen LogP contribution in [0.3, 0.4) is 0 Å². The van der Waals surface area contributed by atoms with Gasteiger partial charge in [0.1, 0.15) is 11.2 Å². The lowest BCUT2D eigenvalue weighted by Gasteiger charge is -2.34. The molecule has 0 N–H and O–H groups in total. The second-order valence-electron chi connectivity index (χ2n) is 14.0. The molecule has 264 valence electrons. The van der Waals surface area contributed by atoms with Gasteiger partial charge in [0.05, 0.1) is 0 Å². The highest BCUT2D eigenvalue weighted by Gasteiger charge is 2.41. The topological polar surface area (TPSA) is 51.8 Å². The van der Waals surface area contributed by atoms with Crippen LogP contribution in [0.1, 0.15) is 0 Å². The summed E-state index contributed by atoms with van der Waals surface area (Å²) in [5.41, 5.74) is 6.62. The average Bonchev–Trinajstić information content (AvgIpc) is 3.67. The van der Waals surface area contributed by atoms with Crippen LogP contribution in [0.25, 0.3) is 67.2 Å². The van der Waals surface area contributed by atoms with E-state index in [1.54, 1.807) is 0 Å². The fourth-order valence-corrected chi connectivity index (χ4v) is 12.8. The van der Waals surface area contributed by atoms with Crippen LogP contribution in [0, 0.1) is 0 Å². The maximum absolute atomic E-state index is 6.48. The van der Waals surface area contributed by atoms with Crippen molar-refractivity contribution in [3.63, 3.8) is 0 Å². The highest BCUT2D eigenvalue weighted by molar-refractivity contribution is 7.19. The molecule has 2 heterocycles. The molecular formula is C51H35N3OSi. The van der Waals surface area contributed by atoms with E-state index in [0.29, 0.717) is 17.5 Å². The van der Waals surface area contributed by atoms with Crippen LogP contribution in [0.15, 0.2) is 217 Å². The lowest BCUT2D eigenvalue weighted by Crippen LogP contribution is -2.74. The van der Waals surface area contributed by atoms with Crippen molar-refractivity contribution in [1.82, 2.24) is 15.0 Å². The summed E-state index contributed by atoms with van der Waals surface area (Å²) in [5.74, 6) is 1.85. The standard InChI is InChI=1S/C51H35N3OSi/c1-6-17-37(18-7-1)49-52-50(38-19-8-2-9-20-38)54-51(53-49)44-27-16-28-47-48(44)45-35-39(31-34-46(45)55-47)36-29-32-43(33-30-36)56(40-21-10-3-11-22-40,41-23-12-4-13-24-41)42-25-14-5-15-26-42/h1-35H. The molecule has 0 aliphatic heterocycles. The molecule has 4 nitrogen and oxygen atoms in total. The first-order valence-corrected chi connectivity index (χ1v) is 20.9. The Kier molecular flexibility index (Phi) is 8.47. The van der Waals surface area contributed by atoms with Crippen molar-refractivity contribution in [3.05, 3.63) is 212 Å². The molecule has 0 atom stereocenters. The molecule has 10 rings (SSSR count). The van der Waals surface area contributed by atoms with Crippen LogP contribution in [0.4, 0.5) is 0 Å².